The summed E-state index contributed by atoms with van der Waals surface area (Å²) in [5.74, 6) is 0.923. The molecule has 0 fully saturated rings. The molecule has 0 spiro atoms. The standard InChI is InChI=1S/C20H22N2O4S/c1-3-6-16-21-18-17(13-7-4-5-8-15(13)27-18)19(23)22(16)11-12-9-10-14(26-12)20(24)25-2/h9-10H,3-8,11H2,1-2H3. The SMILES string of the molecule is CCCc1nc2sc3c(c2c(=O)n1Cc1ccc(C(=O)OC)o1)CCCC3. The van der Waals surface area contributed by atoms with Crippen molar-refractivity contribution in [2.24, 2.45) is 0 Å². The van der Waals surface area contributed by atoms with E-state index in [2.05, 4.69) is 11.7 Å². The molecule has 1 aliphatic rings. The second-order valence-corrected chi connectivity index (χ2v) is 7.90. The van der Waals surface area contributed by atoms with Gasteiger partial charge in [0.25, 0.3) is 5.56 Å². The van der Waals surface area contributed by atoms with Gasteiger partial charge in [-0.3, -0.25) is 9.36 Å². The first kappa shape index (κ1) is 18.0. The Kier molecular flexibility index (Phi) is 4.86. The lowest BCUT2D eigenvalue weighted by Gasteiger charge is -2.12. The Bertz CT molecular complexity index is 1060. The molecule has 0 N–H and O–H groups in total. The lowest BCUT2D eigenvalue weighted by molar-refractivity contribution is 0.0563. The number of fused-ring (bicyclic) bond motifs is 3. The van der Waals surface area contributed by atoms with Crippen LogP contribution >= 0.6 is 11.3 Å². The Morgan fingerprint density at radius 1 is 1.33 bits per heavy atom. The van der Waals surface area contributed by atoms with Crippen LogP contribution in [0.3, 0.4) is 0 Å². The van der Waals surface area contributed by atoms with E-state index in [1.807, 2.05) is 0 Å². The van der Waals surface area contributed by atoms with E-state index in [4.69, 9.17) is 9.40 Å². The summed E-state index contributed by atoms with van der Waals surface area (Å²) in [6.07, 6.45) is 5.91. The summed E-state index contributed by atoms with van der Waals surface area (Å²) in [5.41, 5.74) is 1.18. The molecule has 142 valence electrons. The number of ether oxygens (including phenoxy) is 1. The highest BCUT2D eigenvalue weighted by Gasteiger charge is 2.22. The molecule has 0 unspecified atom stereocenters. The normalized spacial score (nSPS) is 13.7. The Morgan fingerprint density at radius 2 is 2.15 bits per heavy atom. The first-order chi connectivity index (χ1) is 13.1. The number of aryl methyl sites for hydroxylation is 3. The Balaban J connectivity index is 1.81. The number of thiophene rings is 1. The molecule has 0 radical (unpaired) electrons. The van der Waals surface area contributed by atoms with Gasteiger partial charge in [-0.25, -0.2) is 9.78 Å². The summed E-state index contributed by atoms with van der Waals surface area (Å²) in [6, 6.07) is 3.28. The molecule has 0 aliphatic heterocycles. The number of rotatable bonds is 5. The summed E-state index contributed by atoms with van der Waals surface area (Å²) in [5, 5.41) is 0.773. The van der Waals surface area contributed by atoms with Gasteiger partial charge in [0.2, 0.25) is 5.76 Å². The predicted molar refractivity (Wildman–Crippen MR) is 104 cm³/mol. The molecule has 0 atom stereocenters. The molecule has 0 aromatic carbocycles. The number of esters is 1. The van der Waals surface area contributed by atoms with Crippen LogP contribution < -0.4 is 5.56 Å². The Morgan fingerprint density at radius 3 is 2.93 bits per heavy atom. The fourth-order valence-electron chi connectivity index (χ4n) is 3.69. The smallest absolute Gasteiger partial charge is 0.373 e. The van der Waals surface area contributed by atoms with E-state index in [1.165, 1.54) is 24.0 Å². The number of furan rings is 1. The molecule has 27 heavy (non-hydrogen) atoms. The van der Waals surface area contributed by atoms with Gasteiger partial charge in [-0.15, -0.1) is 11.3 Å². The van der Waals surface area contributed by atoms with Gasteiger partial charge in [0.05, 0.1) is 19.0 Å². The van der Waals surface area contributed by atoms with Crippen LogP contribution in [-0.4, -0.2) is 22.6 Å². The summed E-state index contributed by atoms with van der Waals surface area (Å²) in [7, 11) is 1.31. The van der Waals surface area contributed by atoms with Crippen molar-refractivity contribution >= 4 is 27.5 Å². The van der Waals surface area contributed by atoms with Gasteiger partial charge < -0.3 is 9.15 Å². The number of aromatic nitrogens is 2. The predicted octanol–water partition coefficient (Wildman–Crippen LogP) is 3.72. The highest BCUT2D eigenvalue weighted by Crippen LogP contribution is 2.34. The zero-order chi connectivity index (χ0) is 19.0. The molecule has 1 aliphatic carbocycles. The van der Waals surface area contributed by atoms with Crippen LogP contribution in [0.15, 0.2) is 21.3 Å². The first-order valence-corrected chi connectivity index (χ1v) is 10.1. The van der Waals surface area contributed by atoms with E-state index < -0.39 is 5.97 Å². The fraction of sp³-hybridized carbons (Fsp3) is 0.450. The highest BCUT2D eigenvalue weighted by atomic mass is 32.1. The van der Waals surface area contributed by atoms with Gasteiger partial charge in [0.15, 0.2) is 0 Å². The monoisotopic (exact) mass is 386 g/mol. The summed E-state index contributed by atoms with van der Waals surface area (Å²) in [6.45, 7) is 2.33. The van der Waals surface area contributed by atoms with Gasteiger partial charge in [-0.1, -0.05) is 6.92 Å². The maximum absolute atomic E-state index is 13.4. The lowest BCUT2D eigenvalue weighted by Crippen LogP contribution is -2.26. The third-order valence-electron chi connectivity index (χ3n) is 4.99. The molecule has 0 saturated heterocycles. The van der Waals surface area contributed by atoms with Crippen molar-refractivity contribution in [3.05, 3.63) is 50.3 Å². The van der Waals surface area contributed by atoms with E-state index in [0.717, 1.165) is 48.1 Å². The number of hydrogen-bond donors (Lipinski definition) is 0. The van der Waals surface area contributed by atoms with Crippen molar-refractivity contribution in [3.63, 3.8) is 0 Å². The second-order valence-electron chi connectivity index (χ2n) is 6.82. The van der Waals surface area contributed by atoms with Gasteiger partial charge in [0, 0.05) is 11.3 Å². The average Bonchev–Trinajstić information content (AvgIpc) is 3.28. The maximum atomic E-state index is 13.4. The molecule has 3 aromatic heterocycles. The largest absolute Gasteiger partial charge is 0.463 e. The fourth-order valence-corrected chi connectivity index (χ4v) is 4.96. The van der Waals surface area contributed by atoms with Crippen LogP contribution in [-0.2, 0) is 30.5 Å². The molecule has 0 bridgehead atoms. The number of hydrogen-bond acceptors (Lipinski definition) is 6. The zero-order valence-corrected chi connectivity index (χ0v) is 16.4. The molecular weight excluding hydrogens is 364 g/mol. The Hall–Kier alpha value is -2.41. The summed E-state index contributed by atoms with van der Waals surface area (Å²) >= 11 is 1.67. The van der Waals surface area contributed by atoms with Crippen LogP contribution in [0.5, 0.6) is 0 Å². The van der Waals surface area contributed by atoms with E-state index in [-0.39, 0.29) is 17.9 Å². The van der Waals surface area contributed by atoms with Gasteiger partial charge >= 0.3 is 5.97 Å². The number of carbonyl (C=O) groups excluding carboxylic acids is 1. The minimum Gasteiger partial charge on any atom is -0.463 e. The van der Waals surface area contributed by atoms with E-state index in [9.17, 15) is 9.59 Å². The van der Waals surface area contributed by atoms with E-state index >= 15 is 0 Å². The van der Waals surface area contributed by atoms with Crippen molar-refractivity contribution in [2.75, 3.05) is 7.11 Å². The van der Waals surface area contributed by atoms with Crippen molar-refractivity contribution in [3.8, 4) is 0 Å². The second kappa shape index (κ2) is 7.31. The summed E-state index contributed by atoms with van der Waals surface area (Å²) in [4.78, 5) is 32.0. The molecule has 0 saturated carbocycles. The number of carbonyl (C=O) groups is 1. The van der Waals surface area contributed by atoms with Crippen LogP contribution in [0.4, 0.5) is 0 Å². The van der Waals surface area contributed by atoms with Crippen molar-refractivity contribution < 1.29 is 13.9 Å². The maximum Gasteiger partial charge on any atom is 0.373 e. The molecule has 7 heteroatoms. The lowest BCUT2D eigenvalue weighted by atomic mass is 9.97. The summed E-state index contributed by atoms with van der Waals surface area (Å²) < 4.78 is 12.0. The van der Waals surface area contributed by atoms with Crippen LogP contribution in [0.1, 0.15) is 58.8 Å². The van der Waals surface area contributed by atoms with Gasteiger partial charge in [-0.05, 0) is 49.8 Å². The highest BCUT2D eigenvalue weighted by molar-refractivity contribution is 7.18. The minimum absolute atomic E-state index is 0.00105. The topological polar surface area (TPSA) is 74.3 Å². The molecule has 0 amide bonds. The molecule has 3 heterocycles. The molecule has 3 aromatic rings. The third kappa shape index (κ3) is 3.20. The molecule has 6 nitrogen and oxygen atoms in total. The number of nitrogens with zero attached hydrogens (tertiary/aromatic N) is 2. The zero-order valence-electron chi connectivity index (χ0n) is 15.5. The first-order valence-electron chi connectivity index (χ1n) is 9.33. The van der Waals surface area contributed by atoms with Gasteiger partial charge in [-0.2, -0.15) is 0 Å². The Labute approximate surface area is 160 Å². The van der Waals surface area contributed by atoms with Crippen molar-refractivity contribution in [1.29, 1.82) is 0 Å². The third-order valence-corrected chi connectivity index (χ3v) is 6.18. The van der Waals surface area contributed by atoms with Crippen LogP contribution in [0.2, 0.25) is 0 Å². The number of methoxy groups -OCH3 is 1. The average molecular weight is 386 g/mol. The molecular formula is C20H22N2O4S. The van der Waals surface area contributed by atoms with Crippen molar-refractivity contribution in [2.45, 2.75) is 52.0 Å². The van der Waals surface area contributed by atoms with Crippen LogP contribution in [0.25, 0.3) is 10.2 Å². The minimum atomic E-state index is -0.525. The quantitative estimate of drug-likeness (QED) is 0.625. The van der Waals surface area contributed by atoms with E-state index in [0.29, 0.717) is 5.76 Å². The van der Waals surface area contributed by atoms with E-state index in [1.54, 1.807) is 28.0 Å². The van der Waals surface area contributed by atoms with Gasteiger partial charge in [0.1, 0.15) is 16.4 Å². The van der Waals surface area contributed by atoms with Crippen molar-refractivity contribution in [1.82, 2.24) is 9.55 Å². The van der Waals surface area contributed by atoms with Crippen LogP contribution in [0, 0.1) is 0 Å². The molecule has 4 rings (SSSR count).